The second-order valence-corrected chi connectivity index (χ2v) is 1.22. The molecule has 0 aromatic heterocycles. The van der Waals surface area contributed by atoms with E-state index >= 15 is 0 Å². The predicted octanol–water partition coefficient (Wildman–Crippen LogP) is 2.73. The van der Waals surface area contributed by atoms with Crippen LogP contribution in [0, 0.1) is 0 Å². The summed E-state index contributed by atoms with van der Waals surface area (Å²) in [6, 6.07) is 0. The van der Waals surface area contributed by atoms with Crippen LogP contribution in [0.3, 0.4) is 0 Å². The van der Waals surface area contributed by atoms with Crippen LogP contribution in [0.2, 0.25) is 0 Å². The summed E-state index contributed by atoms with van der Waals surface area (Å²) in [4.78, 5) is 0. The lowest BCUT2D eigenvalue weighted by Gasteiger charge is -1.48. The summed E-state index contributed by atoms with van der Waals surface area (Å²) in [5.74, 6) is 0. The summed E-state index contributed by atoms with van der Waals surface area (Å²) in [6.07, 6.45) is 1.17. The van der Waals surface area contributed by atoms with Crippen LogP contribution < -0.4 is 0 Å². The molecule has 0 radical (unpaired) electrons. The average molecular weight is 373 g/mol. The zero-order valence-electron chi connectivity index (χ0n) is 4.92. The maximum atomic E-state index is 2.58. The average Bonchev–Trinajstić information content (AvgIpc) is 0.918. The van der Waals surface area contributed by atoms with Crippen molar-refractivity contribution in [2.45, 2.75) is 6.92 Å². The van der Waals surface area contributed by atoms with Gasteiger partial charge in [0.25, 0.3) is 0 Å². The lowest BCUT2D eigenvalue weighted by molar-refractivity contribution is 1.53. The molecule has 0 aliphatic rings. The molecule has 0 spiro atoms. The molecule has 3 unspecified atom stereocenters. The van der Waals surface area contributed by atoms with Crippen molar-refractivity contribution in [3.63, 3.8) is 0 Å². The molecule has 0 aromatic rings. The van der Waals surface area contributed by atoms with E-state index in [4.69, 9.17) is 0 Å². The molecule has 0 aliphatic carbocycles. The van der Waals surface area contributed by atoms with E-state index in [1.54, 1.807) is 0 Å². The highest BCUT2D eigenvalue weighted by Crippen LogP contribution is 1.68. The molecule has 0 aromatic carbocycles. The van der Waals surface area contributed by atoms with Gasteiger partial charge in [0.2, 0.25) is 0 Å². The van der Waals surface area contributed by atoms with Crippen molar-refractivity contribution >= 4 is 80.0 Å². The van der Waals surface area contributed by atoms with Gasteiger partial charge in [0.1, 0.15) is 0 Å². The number of rotatable bonds is 0. The first kappa shape index (κ1) is 45.4. The van der Waals surface area contributed by atoms with Crippen LogP contribution in [-0.4, -0.2) is 6.16 Å². The quantitative estimate of drug-likeness (QED) is 0.574. The Labute approximate surface area is 92.5 Å². The van der Waals surface area contributed by atoms with Gasteiger partial charge < -0.3 is 0 Å². The van der Waals surface area contributed by atoms with Gasteiger partial charge in [0.05, 0.1) is 0 Å². The van der Waals surface area contributed by atoms with E-state index in [1.807, 2.05) is 0 Å². The highest BCUT2D eigenvalue weighted by Gasteiger charge is 1.35. The summed E-state index contributed by atoms with van der Waals surface area (Å²) >= 11 is 0. The van der Waals surface area contributed by atoms with Crippen LogP contribution in [0.25, 0.3) is 0 Å². The van der Waals surface area contributed by atoms with Gasteiger partial charge in [-0.3, -0.25) is 0 Å². The predicted molar refractivity (Wildman–Crippen MR) is 73.4 cm³/mol. The van der Waals surface area contributed by atoms with Crippen LogP contribution in [-0.2, 0) is 0 Å². The monoisotopic (exact) mass is 370 g/mol. The number of hydrogen-bond donors (Lipinski definition) is 0. The molecule has 0 amide bonds. The van der Waals surface area contributed by atoms with Gasteiger partial charge in [0, 0.05) is 0 Å². The van der Waals surface area contributed by atoms with E-state index in [2.05, 4.69) is 16.2 Å². The summed E-state index contributed by atoms with van der Waals surface area (Å²) in [5.41, 5.74) is 0. The Morgan fingerprint density at radius 3 is 1.00 bits per heavy atom. The lowest BCUT2D eigenvalue weighted by atomic mass is 11.0. The third-order valence-electron chi connectivity index (χ3n) is 0. The molecule has 0 saturated heterocycles. The Kier molecular flexibility index (Phi) is 303. The van der Waals surface area contributed by atoms with Gasteiger partial charge in [-0.15, -0.1) is 60.2 Å². The SMILES string of the molecule is Br.Br.Br.CCP.P.P. The van der Waals surface area contributed by atoms with Gasteiger partial charge >= 0.3 is 0 Å². The summed E-state index contributed by atoms with van der Waals surface area (Å²) in [7, 11) is 2.58. The lowest BCUT2D eigenvalue weighted by Crippen LogP contribution is -1.33. The molecule has 3 atom stereocenters. The maximum absolute atomic E-state index is 2.58. The molecule has 8 heavy (non-hydrogen) atoms. The minimum absolute atomic E-state index is 0. The Morgan fingerprint density at radius 1 is 1.00 bits per heavy atom. The fourth-order valence-corrected chi connectivity index (χ4v) is 0. The van der Waals surface area contributed by atoms with Crippen molar-refractivity contribution in [3.8, 4) is 0 Å². The third kappa shape index (κ3) is 70.0. The minimum Gasteiger partial charge on any atom is -0.153 e. The molecular weight excluding hydrogens is 357 g/mol. The molecule has 0 heterocycles. The van der Waals surface area contributed by atoms with E-state index in [9.17, 15) is 0 Å². The summed E-state index contributed by atoms with van der Waals surface area (Å²) in [5, 5.41) is 0. The van der Waals surface area contributed by atoms with E-state index in [0.717, 1.165) is 0 Å². The second-order valence-electron chi connectivity index (χ2n) is 0.408. The van der Waals surface area contributed by atoms with Crippen LogP contribution in [0.5, 0.6) is 0 Å². The van der Waals surface area contributed by atoms with Crippen molar-refractivity contribution in [1.29, 1.82) is 0 Å². The van der Waals surface area contributed by atoms with Crippen molar-refractivity contribution in [2.24, 2.45) is 0 Å². The normalized spacial score (nSPS) is 2.25. The zero-order chi connectivity index (χ0) is 2.71. The minimum atomic E-state index is 0. The van der Waals surface area contributed by atoms with Crippen LogP contribution in [0.15, 0.2) is 0 Å². The van der Waals surface area contributed by atoms with Crippen LogP contribution in [0.4, 0.5) is 0 Å². The van der Waals surface area contributed by atoms with Gasteiger partial charge in [-0.1, -0.05) is 6.92 Å². The zero-order valence-corrected chi connectivity index (χ0v) is 14.0. The fourth-order valence-electron chi connectivity index (χ4n) is 0. The fraction of sp³-hybridized carbons (Fsp3) is 1.00. The van der Waals surface area contributed by atoms with Crippen molar-refractivity contribution < 1.29 is 0 Å². The molecule has 0 nitrogen and oxygen atoms in total. The first-order valence-electron chi connectivity index (χ1n) is 1.12. The van der Waals surface area contributed by atoms with E-state index in [-0.39, 0.29) is 70.7 Å². The highest BCUT2D eigenvalue weighted by molar-refractivity contribution is 8.93. The molecule has 0 aliphatic heterocycles. The smallest absolute Gasteiger partial charge is 0.0410 e. The van der Waals surface area contributed by atoms with E-state index in [0.29, 0.717) is 0 Å². The molecule has 0 fully saturated rings. The van der Waals surface area contributed by atoms with Gasteiger partial charge in [-0.05, 0) is 6.16 Å². The molecule has 0 bridgehead atoms. The van der Waals surface area contributed by atoms with Crippen LogP contribution in [0.1, 0.15) is 6.92 Å². The molecule has 0 saturated carbocycles. The van der Waals surface area contributed by atoms with Crippen molar-refractivity contribution in [3.05, 3.63) is 0 Å². The van der Waals surface area contributed by atoms with Crippen molar-refractivity contribution in [1.82, 2.24) is 0 Å². The molecule has 60 valence electrons. The number of halogens is 3. The molecule has 6 heteroatoms. The second kappa shape index (κ2) is 53.3. The van der Waals surface area contributed by atoms with Gasteiger partial charge in [-0.2, -0.15) is 19.8 Å². The molecule has 0 N–H and O–H groups in total. The first-order valence-corrected chi connectivity index (χ1v) is 1.93. The summed E-state index contributed by atoms with van der Waals surface area (Å²) in [6.45, 7) is 2.09. The van der Waals surface area contributed by atoms with E-state index in [1.165, 1.54) is 6.16 Å². The molecular formula is C2H16Br3P3. The molecule has 0 rings (SSSR count). The Hall–Kier alpha value is 2.73. The van der Waals surface area contributed by atoms with Crippen LogP contribution >= 0.6 is 80.0 Å². The topological polar surface area (TPSA) is 0 Å². The van der Waals surface area contributed by atoms with Gasteiger partial charge in [-0.25, -0.2) is 0 Å². The Balaban J connectivity index is -0.00000000200. The third-order valence-corrected chi connectivity index (χ3v) is 0. The first-order chi connectivity index (χ1) is 1.41. The Morgan fingerprint density at radius 2 is 1.00 bits per heavy atom. The highest BCUT2D eigenvalue weighted by atomic mass is 79.9. The Bertz CT molecular complexity index is 12.5. The summed E-state index contributed by atoms with van der Waals surface area (Å²) < 4.78 is 0. The standard InChI is InChI=1S/C2H7P.3BrH.2H3P/c1-2-3;;;;;/h2-3H2,1H3;3*1H;2*1H3. The van der Waals surface area contributed by atoms with E-state index < -0.39 is 0 Å². The maximum Gasteiger partial charge on any atom is -0.0410 e. The van der Waals surface area contributed by atoms with Crippen molar-refractivity contribution in [2.75, 3.05) is 6.16 Å². The largest absolute Gasteiger partial charge is 0.153 e. The number of hydrogen-bond acceptors (Lipinski definition) is 0. The van der Waals surface area contributed by atoms with Gasteiger partial charge in [0.15, 0.2) is 0 Å².